The highest BCUT2D eigenvalue weighted by molar-refractivity contribution is 6.08. The van der Waals surface area contributed by atoms with Gasteiger partial charge in [0.25, 0.3) is 5.91 Å². The van der Waals surface area contributed by atoms with Gasteiger partial charge in [0.1, 0.15) is 6.61 Å². The van der Waals surface area contributed by atoms with Crippen LogP contribution in [0.5, 0.6) is 11.5 Å². The van der Waals surface area contributed by atoms with Gasteiger partial charge in [-0.2, -0.15) is 0 Å². The third kappa shape index (κ3) is 2.63. The molecule has 0 bridgehead atoms. The van der Waals surface area contributed by atoms with Crippen LogP contribution in [0, 0.1) is 0 Å². The van der Waals surface area contributed by atoms with Gasteiger partial charge < -0.3 is 19.2 Å². The number of anilines is 1. The molecule has 2 heterocycles. The minimum atomic E-state index is -0.447. The van der Waals surface area contributed by atoms with Gasteiger partial charge in [-0.3, -0.25) is 9.36 Å². The summed E-state index contributed by atoms with van der Waals surface area (Å²) < 4.78 is 17.5. The number of amides is 1. The zero-order chi connectivity index (χ0) is 18.3. The van der Waals surface area contributed by atoms with Gasteiger partial charge in [-0.05, 0) is 24.3 Å². The third-order valence-electron chi connectivity index (χ3n) is 4.27. The number of hydrogen-bond acceptors (Lipinski definition) is 5. The SMILES string of the molecule is COc1cccc2c1OCC(C(=O)Nc1ccc3c(c1)oc(=O)n3C)=C2. The number of ether oxygens (including phenoxy) is 2. The van der Waals surface area contributed by atoms with Crippen molar-refractivity contribution in [3.05, 3.63) is 58.1 Å². The first-order valence-corrected chi connectivity index (χ1v) is 7.98. The molecule has 0 radical (unpaired) electrons. The first-order chi connectivity index (χ1) is 12.6. The molecule has 7 heteroatoms. The molecule has 1 aliphatic rings. The van der Waals surface area contributed by atoms with Crippen molar-refractivity contribution in [2.24, 2.45) is 7.05 Å². The number of aromatic nitrogens is 1. The maximum absolute atomic E-state index is 12.6. The Kier molecular flexibility index (Phi) is 3.76. The van der Waals surface area contributed by atoms with E-state index in [2.05, 4.69) is 5.32 Å². The Hall–Kier alpha value is -3.48. The van der Waals surface area contributed by atoms with Crippen LogP contribution >= 0.6 is 0 Å². The summed E-state index contributed by atoms with van der Waals surface area (Å²) in [6.45, 7) is 0.141. The van der Waals surface area contributed by atoms with Gasteiger partial charge in [0, 0.05) is 24.4 Å². The maximum atomic E-state index is 12.6. The topological polar surface area (TPSA) is 82.7 Å². The van der Waals surface area contributed by atoms with Crippen LogP contribution < -0.4 is 20.5 Å². The van der Waals surface area contributed by atoms with E-state index in [-0.39, 0.29) is 12.5 Å². The molecule has 26 heavy (non-hydrogen) atoms. The number of nitrogens with one attached hydrogen (secondary N) is 1. The molecular weight excluding hydrogens is 336 g/mol. The number of aryl methyl sites for hydroxylation is 1. The van der Waals surface area contributed by atoms with Crippen molar-refractivity contribution in [2.75, 3.05) is 19.0 Å². The van der Waals surface area contributed by atoms with Crippen molar-refractivity contribution < 1.29 is 18.7 Å². The van der Waals surface area contributed by atoms with Crippen molar-refractivity contribution in [1.29, 1.82) is 0 Å². The molecule has 1 amide bonds. The highest BCUT2D eigenvalue weighted by Gasteiger charge is 2.20. The monoisotopic (exact) mass is 352 g/mol. The van der Waals surface area contributed by atoms with Gasteiger partial charge in [0.15, 0.2) is 17.1 Å². The van der Waals surface area contributed by atoms with Gasteiger partial charge >= 0.3 is 5.76 Å². The number of carbonyl (C=O) groups excluding carboxylic acids is 1. The second-order valence-corrected chi connectivity index (χ2v) is 5.90. The number of oxazole rings is 1. The van der Waals surface area contributed by atoms with E-state index in [0.29, 0.717) is 33.9 Å². The minimum Gasteiger partial charge on any atom is -0.493 e. The van der Waals surface area contributed by atoms with Crippen LogP contribution in [0.1, 0.15) is 5.56 Å². The van der Waals surface area contributed by atoms with E-state index in [0.717, 1.165) is 5.56 Å². The zero-order valence-electron chi connectivity index (χ0n) is 14.2. The van der Waals surface area contributed by atoms with Crippen LogP contribution in [-0.4, -0.2) is 24.2 Å². The van der Waals surface area contributed by atoms with Crippen LogP contribution in [0.15, 0.2) is 51.2 Å². The van der Waals surface area contributed by atoms with E-state index >= 15 is 0 Å². The van der Waals surface area contributed by atoms with Gasteiger partial charge in [-0.15, -0.1) is 0 Å². The maximum Gasteiger partial charge on any atom is 0.419 e. The average Bonchev–Trinajstić information content (AvgIpc) is 2.94. The first-order valence-electron chi connectivity index (χ1n) is 7.98. The first kappa shape index (κ1) is 16.0. The van der Waals surface area contributed by atoms with Crippen LogP contribution in [0.3, 0.4) is 0 Å². The molecule has 4 rings (SSSR count). The fourth-order valence-corrected chi connectivity index (χ4v) is 2.90. The Bertz CT molecular complexity index is 1110. The lowest BCUT2D eigenvalue weighted by atomic mass is 10.1. The number of fused-ring (bicyclic) bond motifs is 2. The zero-order valence-corrected chi connectivity index (χ0v) is 14.2. The lowest BCUT2D eigenvalue weighted by Crippen LogP contribution is -2.21. The van der Waals surface area contributed by atoms with Crippen LogP contribution in [0.25, 0.3) is 17.2 Å². The van der Waals surface area contributed by atoms with E-state index in [1.54, 1.807) is 44.5 Å². The van der Waals surface area contributed by atoms with Crippen LogP contribution in [0.4, 0.5) is 5.69 Å². The standard InChI is InChI=1S/C19H16N2O5/c1-21-14-7-6-13(9-16(14)26-19(21)23)20-18(22)12-8-11-4-3-5-15(24-2)17(11)25-10-12/h3-9H,10H2,1-2H3,(H,20,22). The molecule has 1 aliphatic heterocycles. The van der Waals surface area contributed by atoms with Gasteiger partial charge in [-0.25, -0.2) is 4.79 Å². The van der Waals surface area contributed by atoms with Gasteiger partial charge in [-0.1, -0.05) is 12.1 Å². The minimum absolute atomic E-state index is 0.141. The number of para-hydroxylation sites is 1. The quantitative estimate of drug-likeness (QED) is 0.783. The molecule has 0 spiro atoms. The Balaban J connectivity index is 1.60. The molecule has 7 nitrogen and oxygen atoms in total. The largest absolute Gasteiger partial charge is 0.493 e. The van der Waals surface area contributed by atoms with Crippen molar-refractivity contribution in [3.63, 3.8) is 0 Å². The Morgan fingerprint density at radius 1 is 1.27 bits per heavy atom. The van der Waals surface area contributed by atoms with Gasteiger partial charge in [0.2, 0.25) is 0 Å². The summed E-state index contributed by atoms with van der Waals surface area (Å²) in [6.07, 6.45) is 1.78. The van der Waals surface area contributed by atoms with Gasteiger partial charge in [0.05, 0.1) is 18.2 Å². The molecule has 0 saturated carbocycles. The smallest absolute Gasteiger partial charge is 0.419 e. The summed E-state index contributed by atoms with van der Waals surface area (Å²) in [7, 11) is 3.20. The van der Waals surface area contributed by atoms with Crippen LogP contribution in [-0.2, 0) is 11.8 Å². The fraction of sp³-hybridized carbons (Fsp3) is 0.158. The summed E-state index contributed by atoms with van der Waals surface area (Å²) in [6, 6.07) is 10.6. The number of methoxy groups -OCH3 is 1. The third-order valence-corrected chi connectivity index (χ3v) is 4.27. The normalized spacial score (nSPS) is 12.9. The summed E-state index contributed by atoms with van der Waals surface area (Å²) in [5.74, 6) is 0.523. The average molecular weight is 352 g/mol. The van der Waals surface area contributed by atoms with E-state index in [1.165, 1.54) is 4.57 Å². The van der Waals surface area contributed by atoms with Crippen molar-refractivity contribution in [2.45, 2.75) is 0 Å². The molecule has 1 aromatic heterocycles. The molecule has 1 N–H and O–H groups in total. The molecule has 0 saturated heterocycles. The Morgan fingerprint density at radius 2 is 2.12 bits per heavy atom. The molecule has 132 valence electrons. The molecular formula is C19H16N2O5. The molecule has 0 atom stereocenters. The van der Waals surface area contributed by atoms with E-state index in [9.17, 15) is 9.59 Å². The molecule has 0 unspecified atom stereocenters. The van der Waals surface area contributed by atoms with E-state index < -0.39 is 5.76 Å². The summed E-state index contributed by atoms with van der Waals surface area (Å²) in [4.78, 5) is 24.1. The lowest BCUT2D eigenvalue weighted by molar-refractivity contribution is -0.113. The summed E-state index contributed by atoms with van der Waals surface area (Å²) >= 11 is 0. The second kappa shape index (κ2) is 6.11. The summed E-state index contributed by atoms with van der Waals surface area (Å²) in [5.41, 5.74) is 2.88. The molecule has 0 aliphatic carbocycles. The highest BCUT2D eigenvalue weighted by atomic mass is 16.5. The Labute approximate surface area is 148 Å². The lowest BCUT2D eigenvalue weighted by Gasteiger charge is -2.19. The molecule has 0 fully saturated rings. The van der Waals surface area contributed by atoms with E-state index in [4.69, 9.17) is 13.9 Å². The molecule has 2 aromatic carbocycles. The number of nitrogens with zero attached hydrogens (tertiary/aromatic N) is 1. The van der Waals surface area contributed by atoms with Crippen molar-refractivity contribution in [1.82, 2.24) is 4.57 Å². The second-order valence-electron chi connectivity index (χ2n) is 5.90. The molecule has 3 aromatic rings. The highest BCUT2D eigenvalue weighted by Crippen LogP contribution is 2.35. The number of hydrogen-bond donors (Lipinski definition) is 1. The van der Waals surface area contributed by atoms with Crippen molar-refractivity contribution in [3.8, 4) is 11.5 Å². The van der Waals surface area contributed by atoms with E-state index in [1.807, 2.05) is 12.1 Å². The number of rotatable bonds is 3. The van der Waals surface area contributed by atoms with Crippen LogP contribution in [0.2, 0.25) is 0 Å². The number of benzene rings is 2. The predicted octanol–water partition coefficient (Wildman–Crippen LogP) is 2.55. The number of carbonyl (C=O) groups is 1. The fourth-order valence-electron chi connectivity index (χ4n) is 2.90. The summed E-state index contributed by atoms with van der Waals surface area (Å²) in [5, 5.41) is 2.80. The van der Waals surface area contributed by atoms with Crippen molar-refractivity contribution >= 4 is 28.8 Å². The Morgan fingerprint density at radius 3 is 2.92 bits per heavy atom. The predicted molar refractivity (Wildman–Crippen MR) is 96.6 cm³/mol.